The average Bonchev–Trinajstić information content (AvgIpc) is 1.87. The lowest BCUT2D eigenvalue weighted by molar-refractivity contribution is 0.139. The van der Waals surface area contributed by atoms with Crippen molar-refractivity contribution in [1.82, 2.24) is 0 Å². The Hall–Kier alpha value is -0.280. The van der Waals surface area contributed by atoms with Crippen LogP contribution in [0.25, 0.3) is 0 Å². The Labute approximate surface area is 67.6 Å². The van der Waals surface area contributed by atoms with E-state index in [1.54, 1.807) is 14.0 Å². The van der Waals surface area contributed by atoms with E-state index in [2.05, 4.69) is 0 Å². The summed E-state index contributed by atoms with van der Waals surface area (Å²) < 4.78 is 9.67. The summed E-state index contributed by atoms with van der Waals surface area (Å²) in [7, 11) is 1.55. The molecule has 0 fully saturated rings. The largest absolute Gasteiger partial charge is 0.480 e. The Morgan fingerprint density at radius 2 is 2.10 bits per heavy atom. The first-order valence-corrected chi connectivity index (χ1v) is 2.96. The van der Waals surface area contributed by atoms with Gasteiger partial charge in [-0.15, -0.1) is 12.4 Å². The van der Waals surface area contributed by atoms with Gasteiger partial charge in [-0.1, -0.05) is 0 Å². The highest BCUT2D eigenvalue weighted by atomic mass is 35.5. The van der Waals surface area contributed by atoms with Gasteiger partial charge in [-0.3, -0.25) is 5.41 Å². The molecule has 10 heavy (non-hydrogen) atoms. The van der Waals surface area contributed by atoms with Crippen LogP contribution >= 0.6 is 12.4 Å². The molecule has 0 aliphatic heterocycles. The Morgan fingerprint density at radius 1 is 1.60 bits per heavy atom. The first kappa shape index (κ1) is 12.4. The maximum absolute atomic E-state index is 7.15. The zero-order chi connectivity index (χ0) is 7.28. The molecule has 1 atom stereocenters. The summed E-state index contributed by atoms with van der Waals surface area (Å²) in [5.74, 6) is 0.194. The topological polar surface area (TPSA) is 42.3 Å². The number of ether oxygens (including phenoxy) is 2. The Bertz CT molecular complexity index is 97.7. The molecule has 0 saturated heterocycles. The lowest BCUT2D eigenvalue weighted by Gasteiger charge is -2.09. The monoisotopic (exact) mass is 167 g/mol. The molecule has 0 aliphatic rings. The van der Waals surface area contributed by atoms with Gasteiger partial charge >= 0.3 is 0 Å². The predicted octanol–water partition coefficient (Wildman–Crippen LogP) is 1.46. The van der Waals surface area contributed by atoms with E-state index >= 15 is 0 Å². The van der Waals surface area contributed by atoms with Crippen molar-refractivity contribution in [1.29, 1.82) is 5.41 Å². The third-order valence-electron chi connectivity index (χ3n) is 1.02. The van der Waals surface area contributed by atoms with Gasteiger partial charge in [0.05, 0.1) is 6.61 Å². The maximum Gasteiger partial charge on any atom is 0.210 e. The molecule has 0 radical (unpaired) electrons. The van der Waals surface area contributed by atoms with E-state index in [1.807, 2.05) is 6.92 Å². The smallest absolute Gasteiger partial charge is 0.210 e. The minimum atomic E-state index is -0.218. The van der Waals surface area contributed by atoms with E-state index in [1.165, 1.54) is 0 Å². The summed E-state index contributed by atoms with van der Waals surface area (Å²) in [5.41, 5.74) is 0. The number of rotatable bonds is 3. The molecule has 1 N–H and O–H groups in total. The van der Waals surface area contributed by atoms with Crippen molar-refractivity contribution in [2.45, 2.75) is 20.0 Å². The fourth-order valence-corrected chi connectivity index (χ4v) is 0.380. The fourth-order valence-electron chi connectivity index (χ4n) is 0.380. The van der Waals surface area contributed by atoms with E-state index < -0.39 is 0 Å². The van der Waals surface area contributed by atoms with Crippen molar-refractivity contribution in [2.24, 2.45) is 0 Å². The molecule has 0 heterocycles. The molecule has 0 bridgehead atoms. The van der Waals surface area contributed by atoms with Crippen molar-refractivity contribution in [3.05, 3.63) is 0 Å². The maximum atomic E-state index is 7.15. The molecule has 0 amide bonds. The summed E-state index contributed by atoms with van der Waals surface area (Å²) >= 11 is 0. The zero-order valence-corrected chi connectivity index (χ0v) is 7.33. The van der Waals surface area contributed by atoms with E-state index in [0.29, 0.717) is 6.61 Å². The van der Waals surface area contributed by atoms with Crippen LogP contribution in [0.2, 0.25) is 0 Å². The van der Waals surface area contributed by atoms with Crippen LogP contribution in [0.15, 0.2) is 0 Å². The molecule has 4 heteroatoms. The molecular weight excluding hydrogens is 154 g/mol. The van der Waals surface area contributed by atoms with E-state index in [-0.39, 0.29) is 24.4 Å². The molecule has 0 rings (SSSR count). The second-order valence-corrected chi connectivity index (χ2v) is 1.68. The normalized spacial score (nSPS) is 11.5. The van der Waals surface area contributed by atoms with Gasteiger partial charge in [-0.25, -0.2) is 0 Å². The molecule has 0 spiro atoms. The standard InChI is InChI=1S/C6H13NO2.ClH/c1-4-9-6(7)5(2)8-3;/h5,7H,4H2,1-3H3;1H/t5-;/m1./s1. The van der Waals surface area contributed by atoms with Crippen LogP contribution in [-0.4, -0.2) is 25.7 Å². The van der Waals surface area contributed by atoms with Crippen LogP contribution in [0.3, 0.4) is 0 Å². The minimum absolute atomic E-state index is 0. The van der Waals surface area contributed by atoms with Crippen molar-refractivity contribution in [3.63, 3.8) is 0 Å². The van der Waals surface area contributed by atoms with Gasteiger partial charge in [0.1, 0.15) is 6.10 Å². The third-order valence-corrected chi connectivity index (χ3v) is 1.02. The number of halogens is 1. The highest BCUT2D eigenvalue weighted by Gasteiger charge is 2.05. The predicted molar refractivity (Wildman–Crippen MR) is 43.1 cm³/mol. The molecule has 0 aliphatic carbocycles. The average molecular weight is 168 g/mol. The molecule has 0 saturated carbocycles. The van der Waals surface area contributed by atoms with Gasteiger partial charge in [0.25, 0.3) is 0 Å². The number of hydrogen-bond donors (Lipinski definition) is 1. The van der Waals surface area contributed by atoms with E-state index in [0.717, 1.165) is 0 Å². The second-order valence-electron chi connectivity index (χ2n) is 1.68. The van der Waals surface area contributed by atoms with Gasteiger partial charge in [0.15, 0.2) is 0 Å². The Kier molecular flexibility index (Phi) is 8.48. The third kappa shape index (κ3) is 4.58. The van der Waals surface area contributed by atoms with E-state index in [4.69, 9.17) is 14.9 Å². The van der Waals surface area contributed by atoms with Gasteiger partial charge in [-0.05, 0) is 13.8 Å². The molecule has 0 unspecified atom stereocenters. The van der Waals surface area contributed by atoms with Crippen molar-refractivity contribution >= 4 is 18.3 Å². The van der Waals surface area contributed by atoms with Crippen LogP contribution < -0.4 is 0 Å². The first-order valence-electron chi connectivity index (χ1n) is 2.96. The summed E-state index contributed by atoms with van der Waals surface area (Å²) in [6.07, 6.45) is -0.218. The summed E-state index contributed by atoms with van der Waals surface area (Å²) in [6, 6.07) is 0. The number of hydrogen-bond acceptors (Lipinski definition) is 3. The van der Waals surface area contributed by atoms with Crippen molar-refractivity contribution in [3.8, 4) is 0 Å². The van der Waals surface area contributed by atoms with Gasteiger partial charge < -0.3 is 9.47 Å². The number of methoxy groups -OCH3 is 1. The first-order chi connectivity index (χ1) is 4.22. The lowest BCUT2D eigenvalue weighted by Crippen LogP contribution is -2.20. The van der Waals surface area contributed by atoms with Gasteiger partial charge in [0, 0.05) is 7.11 Å². The molecule has 0 aromatic rings. The van der Waals surface area contributed by atoms with Crippen LogP contribution in [-0.2, 0) is 9.47 Å². The van der Waals surface area contributed by atoms with Crippen LogP contribution in [0.1, 0.15) is 13.8 Å². The van der Waals surface area contributed by atoms with Crippen LogP contribution in [0, 0.1) is 5.41 Å². The molecule has 3 nitrogen and oxygen atoms in total. The summed E-state index contributed by atoms with van der Waals surface area (Å²) in [6.45, 7) is 4.15. The minimum Gasteiger partial charge on any atom is -0.480 e. The van der Waals surface area contributed by atoms with Crippen LogP contribution in [0.4, 0.5) is 0 Å². The molecule has 0 aromatic carbocycles. The SMILES string of the molecule is CCOC(=N)[C@@H](C)OC.Cl. The Balaban J connectivity index is 0. The lowest BCUT2D eigenvalue weighted by atomic mass is 10.4. The quantitative estimate of drug-likeness (QED) is 0.511. The van der Waals surface area contributed by atoms with Crippen molar-refractivity contribution < 1.29 is 9.47 Å². The fraction of sp³-hybridized carbons (Fsp3) is 0.833. The van der Waals surface area contributed by atoms with Gasteiger partial charge in [-0.2, -0.15) is 0 Å². The Morgan fingerprint density at radius 3 is 2.40 bits per heavy atom. The molecule has 0 aromatic heterocycles. The summed E-state index contributed by atoms with van der Waals surface area (Å²) in [4.78, 5) is 0. The summed E-state index contributed by atoms with van der Waals surface area (Å²) in [5, 5.41) is 7.15. The number of nitrogens with one attached hydrogen (secondary N) is 1. The van der Waals surface area contributed by atoms with Gasteiger partial charge in [0.2, 0.25) is 5.90 Å². The molecular formula is C6H14ClNO2. The second kappa shape index (κ2) is 6.83. The zero-order valence-electron chi connectivity index (χ0n) is 6.51. The highest BCUT2D eigenvalue weighted by molar-refractivity contribution is 5.85. The van der Waals surface area contributed by atoms with Crippen LogP contribution in [0.5, 0.6) is 0 Å². The molecule has 62 valence electrons. The van der Waals surface area contributed by atoms with Crippen molar-refractivity contribution in [2.75, 3.05) is 13.7 Å². The highest BCUT2D eigenvalue weighted by Crippen LogP contribution is 1.91. The van der Waals surface area contributed by atoms with E-state index in [9.17, 15) is 0 Å².